The molecule has 0 saturated heterocycles. The molecule has 0 heterocycles. The summed E-state index contributed by atoms with van der Waals surface area (Å²) in [5.41, 5.74) is 1.11. The molecule has 0 fully saturated rings. The maximum Gasteiger partial charge on any atom is 0.123 e. The zero-order chi connectivity index (χ0) is 11.3. The minimum absolute atomic E-state index is 0.177. The van der Waals surface area contributed by atoms with Crippen molar-refractivity contribution in [3.05, 3.63) is 29.8 Å². The number of hydrogen-bond acceptors (Lipinski definition) is 3. The SMILES string of the molecule is COc1ccccc1[C@H](C)NC[C@@H](C)O. The number of aliphatic hydroxyl groups excluding tert-OH is 1. The van der Waals surface area contributed by atoms with Gasteiger partial charge in [0.1, 0.15) is 5.75 Å². The molecule has 3 heteroatoms. The van der Waals surface area contributed by atoms with Crippen molar-refractivity contribution in [1.29, 1.82) is 0 Å². The Balaban J connectivity index is 2.68. The van der Waals surface area contributed by atoms with E-state index in [0.29, 0.717) is 6.54 Å². The van der Waals surface area contributed by atoms with Crippen LogP contribution in [-0.2, 0) is 0 Å². The molecule has 1 aromatic carbocycles. The van der Waals surface area contributed by atoms with Gasteiger partial charge < -0.3 is 15.2 Å². The summed E-state index contributed by atoms with van der Waals surface area (Å²) in [7, 11) is 1.67. The molecule has 0 amide bonds. The number of nitrogens with one attached hydrogen (secondary N) is 1. The Hall–Kier alpha value is -1.06. The zero-order valence-electron chi connectivity index (χ0n) is 9.53. The van der Waals surface area contributed by atoms with Crippen molar-refractivity contribution >= 4 is 0 Å². The second-order valence-electron chi connectivity index (χ2n) is 3.72. The zero-order valence-corrected chi connectivity index (χ0v) is 9.53. The summed E-state index contributed by atoms with van der Waals surface area (Å²) < 4.78 is 5.27. The first-order chi connectivity index (χ1) is 7.15. The van der Waals surface area contributed by atoms with Crippen molar-refractivity contribution in [3.63, 3.8) is 0 Å². The van der Waals surface area contributed by atoms with Gasteiger partial charge in [-0.05, 0) is 19.9 Å². The van der Waals surface area contributed by atoms with Crippen LogP contribution in [-0.4, -0.2) is 24.9 Å². The Morgan fingerprint density at radius 1 is 1.33 bits per heavy atom. The van der Waals surface area contributed by atoms with Gasteiger partial charge in [0, 0.05) is 18.2 Å². The molecular formula is C12H19NO2. The van der Waals surface area contributed by atoms with Crippen LogP contribution >= 0.6 is 0 Å². The highest BCUT2D eigenvalue weighted by Crippen LogP contribution is 2.23. The fourth-order valence-corrected chi connectivity index (χ4v) is 1.48. The van der Waals surface area contributed by atoms with E-state index in [0.717, 1.165) is 11.3 Å². The van der Waals surface area contributed by atoms with Gasteiger partial charge in [-0.15, -0.1) is 0 Å². The monoisotopic (exact) mass is 209 g/mol. The molecular weight excluding hydrogens is 190 g/mol. The van der Waals surface area contributed by atoms with Crippen LogP contribution < -0.4 is 10.1 Å². The van der Waals surface area contributed by atoms with Gasteiger partial charge in [0.25, 0.3) is 0 Å². The van der Waals surface area contributed by atoms with Gasteiger partial charge in [-0.2, -0.15) is 0 Å². The quantitative estimate of drug-likeness (QED) is 0.776. The van der Waals surface area contributed by atoms with Gasteiger partial charge in [-0.25, -0.2) is 0 Å². The van der Waals surface area contributed by atoms with Crippen molar-refractivity contribution in [2.24, 2.45) is 0 Å². The second kappa shape index (κ2) is 5.73. The Morgan fingerprint density at radius 2 is 2.00 bits per heavy atom. The Labute approximate surface area is 91.1 Å². The van der Waals surface area contributed by atoms with E-state index < -0.39 is 0 Å². The molecule has 3 nitrogen and oxygen atoms in total. The largest absolute Gasteiger partial charge is 0.496 e. The van der Waals surface area contributed by atoms with Crippen molar-refractivity contribution in [2.75, 3.05) is 13.7 Å². The Kier molecular flexibility index (Phi) is 4.59. The van der Waals surface area contributed by atoms with Crippen molar-refractivity contribution in [3.8, 4) is 5.75 Å². The number of hydrogen-bond donors (Lipinski definition) is 2. The van der Waals surface area contributed by atoms with Crippen molar-refractivity contribution in [2.45, 2.75) is 26.0 Å². The summed E-state index contributed by atoms with van der Waals surface area (Å²) >= 11 is 0. The molecule has 0 bridgehead atoms. The molecule has 0 unspecified atom stereocenters. The van der Waals surface area contributed by atoms with Gasteiger partial charge >= 0.3 is 0 Å². The smallest absolute Gasteiger partial charge is 0.123 e. The minimum Gasteiger partial charge on any atom is -0.496 e. The highest BCUT2D eigenvalue weighted by molar-refractivity contribution is 5.35. The number of para-hydroxylation sites is 1. The average Bonchev–Trinajstić information content (AvgIpc) is 2.25. The first-order valence-electron chi connectivity index (χ1n) is 5.19. The highest BCUT2D eigenvalue weighted by Gasteiger charge is 2.10. The number of rotatable bonds is 5. The van der Waals surface area contributed by atoms with E-state index >= 15 is 0 Å². The lowest BCUT2D eigenvalue weighted by atomic mass is 10.1. The summed E-state index contributed by atoms with van der Waals surface area (Å²) in [6, 6.07) is 8.08. The van der Waals surface area contributed by atoms with Crippen LogP contribution in [0.2, 0.25) is 0 Å². The van der Waals surface area contributed by atoms with Crippen LogP contribution in [0.15, 0.2) is 24.3 Å². The van der Waals surface area contributed by atoms with Gasteiger partial charge in [-0.3, -0.25) is 0 Å². The number of ether oxygens (including phenoxy) is 1. The molecule has 1 rings (SSSR count). The highest BCUT2D eigenvalue weighted by atomic mass is 16.5. The lowest BCUT2D eigenvalue weighted by molar-refractivity contribution is 0.187. The number of aliphatic hydroxyl groups is 1. The van der Waals surface area contributed by atoms with E-state index in [4.69, 9.17) is 4.74 Å². The fraction of sp³-hybridized carbons (Fsp3) is 0.500. The Bertz CT molecular complexity index is 299. The molecule has 0 aliphatic rings. The van der Waals surface area contributed by atoms with E-state index in [1.54, 1.807) is 14.0 Å². The van der Waals surface area contributed by atoms with E-state index in [1.807, 2.05) is 24.3 Å². The molecule has 0 spiro atoms. The normalized spacial score (nSPS) is 14.7. The van der Waals surface area contributed by atoms with Crippen LogP contribution in [0.4, 0.5) is 0 Å². The molecule has 2 atom stereocenters. The molecule has 2 N–H and O–H groups in total. The number of methoxy groups -OCH3 is 1. The standard InChI is InChI=1S/C12H19NO2/c1-9(14)8-13-10(2)11-6-4-5-7-12(11)15-3/h4-7,9-10,13-14H,8H2,1-3H3/t9-,10+/m1/s1. The summed E-state index contributed by atoms with van der Waals surface area (Å²) in [6.45, 7) is 4.40. The van der Waals surface area contributed by atoms with Crippen LogP contribution in [0.5, 0.6) is 5.75 Å². The molecule has 0 aromatic heterocycles. The first kappa shape index (κ1) is 12.0. The Morgan fingerprint density at radius 3 is 2.60 bits per heavy atom. The van der Waals surface area contributed by atoms with Crippen molar-refractivity contribution < 1.29 is 9.84 Å². The minimum atomic E-state index is -0.331. The summed E-state index contributed by atoms with van der Waals surface area (Å²) in [5.74, 6) is 0.878. The predicted octanol–water partition coefficient (Wildman–Crippen LogP) is 1.73. The van der Waals surface area contributed by atoms with Crippen LogP contribution in [0.25, 0.3) is 0 Å². The van der Waals surface area contributed by atoms with Gasteiger partial charge in [0.2, 0.25) is 0 Å². The predicted molar refractivity (Wildman–Crippen MR) is 61.1 cm³/mol. The maximum absolute atomic E-state index is 9.18. The number of benzene rings is 1. The molecule has 84 valence electrons. The van der Waals surface area contributed by atoms with E-state index in [2.05, 4.69) is 12.2 Å². The van der Waals surface area contributed by atoms with E-state index in [1.165, 1.54) is 0 Å². The summed E-state index contributed by atoms with van der Waals surface area (Å²) in [4.78, 5) is 0. The molecule has 0 aliphatic heterocycles. The van der Waals surface area contributed by atoms with E-state index in [-0.39, 0.29) is 12.1 Å². The van der Waals surface area contributed by atoms with Crippen LogP contribution in [0, 0.1) is 0 Å². The van der Waals surface area contributed by atoms with Gasteiger partial charge in [-0.1, -0.05) is 18.2 Å². The molecule has 0 radical (unpaired) electrons. The van der Waals surface area contributed by atoms with E-state index in [9.17, 15) is 5.11 Å². The molecule has 0 saturated carbocycles. The lowest BCUT2D eigenvalue weighted by Gasteiger charge is -2.17. The topological polar surface area (TPSA) is 41.5 Å². The van der Waals surface area contributed by atoms with Gasteiger partial charge in [0.05, 0.1) is 13.2 Å². The average molecular weight is 209 g/mol. The third kappa shape index (κ3) is 3.53. The second-order valence-corrected chi connectivity index (χ2v) is 3.72. The first-order valence-corrected chi connectivity index (χ1v) is 5.19. The third-order valence-corrected chi connectivity index (χ3v) is 2.32. The summed E-state index contributed by atoms with van der Waals surface area (Å²) in [6.07, 6.45) is -0.331. The third-order valence-electron chi connectivity index (χ3n) is 2.32. The lowest BCUT2D eigenvalue weighted by Crippen LogP contribution is -2.27. The van der Waals surface area contributed by atoms with Crippen LogP contribution in [0.3, 0.4) is 0 Å². The van der Waals surface area contributed by atoms with Gasteiger partial charge in [0.15, 0.2) is 0 Å². The fourth-order valence-electron chi connectivity index (χ4n) is 1.48. The molecule has 15 heavy (non-hydrogen) atoms. The molecule has 1 aromatic rings. The maximum atomic E-state index is 9.18. The van der Waals surface area contributed by atoms with Crippen molar-refractivity contribution in [1.82, 2.24) is 5.32 Å². The van der Waals surface area contributed by atoms with Crippen LogP contribution in [0.1, 0.15) is 25.5 Å². The molecule has 0 aliphatic carbocycles. The summed E-state index contributed by atoms with van der Waals surface area (Å²) in [5, 5.41) is 12.4.